The smallest absolute Gasteiger partial charge is 0.154 e. The van der Waals surface area contributed by atoms with E-state index in [0.717, 1.165) is 17.8 Å². The van der Waals surface area contributed by atoms with Crippen molar-refractivity contribution in [2.45, 2.75) is 32.7 Å². The fourth-order valence-electron chi connectivity index (χ4n) is 1.86. The molecule has 0 saturated heterocycles. The predicted molar refractivity (Wildman–Crippen MR) is 69.3 cm³/mol. The topological polar surface area (TPSA) is 24.7 Å². The van der Waals surface area contributed by atoms with E-state index in [0.29, 0.717) is 12.0 Å². The van der Waals surface area contributed by atoms with Crippen molar-refractivity contribution >= 4 is 12.1 Å². The second-order valence-corrected chi connectivity index (χ2v) is 4.32. The third kappa shape index (κ3) is 2.38. The maximum Gasteiger partial charge on any atom is 0.154 e. The summed E-state index contributed by atoms with van der Waals surface area (Å²) in [7, 11) is 0. The molecule has 0 spiro atoms. The lowest BCUT2D eigenvalue weighted by molar-refractivity contribution is 0.454. The Bertz CT molecular complexity index is 392. The highest BCUT2D eigenvalue weighted by atomic mass is 15.0. The normalized spacial score (nSPS) is 21.6. The highest BCUT2D eigenvalue weighted by Gasteiger charge is 2.17. The molecule has 2 atom stereocenters. The van der Waals surface area contributed by atoms with Gasteiger partial charge in [0.1, 0.15) is 0 Å². The molecule has 0 aliphatic carbocycles. The van der Waals surface area contributed by atoms with E-state index in [9.17, 15) is 0 Å². The van der Waals surface area contributed by atoms with Crippen LogP contribution in [-0.4, -0.2) is 18.1 Å². The molecule has 2 nitrogen and oxygen atoms in total. The van der Waals surface area contributed by atoms with Gasteiger partial charge in [0, 0.05) is 18.2 Å². The molecule has 0 fully saturated rings. The SMILES string of the molecule is CCC(C)C1CC=NC(c2ccccc2)=N1. The molecule has 2 heteroatoms. The number of benzene rings is 1. The van der Waals surface area contributed by atoms with Crippen molar-refractivity contribution in [3.05, 3.63) is 35.9 Å². The molecule has 0 amide bonds. The quantitative estimate of drug-likeness (QED) is 0.737. The molecule has 1 aliphatic heterocycles. The Balaban J connectivity index is 2.22. The molecule has 0 radical (unpaired) electrons. The van der Waals surface area contributed by atoms with Crippen LogP contribution in [0.2, 0.25) is 0 Å². The summed E-state index contributed by atoms with van der Waals surface area (Å²) in [4.78, 5) is 9.13. The number of nitrogens with zero attached hydrogens (tertiary/aromatic N) is 2. The first-order valence-electron chi connectivity index (χ1n) is 5.97. The maximum atomic E-state index is 4.74. The van der Waals surface area contributed by atoms with E-state index in [1.165, 1.54) is 6.42 Å². The van der Waals surface area contributed by atoms with Crippen molar-refractivity contribution in [3.8, 4) is 0 Å². The van der Waals surface area contributed by atoms with Gasteiger partial charge in [0.05, 0.1) is 6.04 Å². The summed E-state index contributed by atoms with van der Waals surface area (Å²) < 4.78 is 0. The maximum absolute atomic E-state index is 4.74. The zero-order chi connectivity index (χ0) is 11.4. The lowest BCUT2D eigenvalue weighted by Crippen LogP contribution is -2.21. The van der Waals surface area contributed by atoms with Gasteiger partial charge in [0.25, 0.3) is 0 Å². The van der Waals surface area contributed by atoms with E-state index in [1.54, 1.807) is 0 Å². The van der Waals surface area contributed by atoms with Crippen LogP contribution in [0.4, 0.5) is 0 Å². The Hall–Kier alpha value is -1.44. The minimum Gasteiger partial charge on any atom is -0.262 e. The molecular formula is C14H18N2. The molecule has 0 N–H and O–H groups in total. The van der Waals surface area contributed by atoms with Crippen LogP contribution in [-0.2, 0) is 0 Å². The highest BCUT2D eigenvalue weighted by molar-refractivity contribution is 6.04. The van der Waals surface area contributed by atoms with Gasteiger partial charge in [0.2, 0.25) is 0 Å². The molecule has 84 valence electrons. The van der Waals surface area contributed by atoms with Crippen LogP contribution in [0.3, 0.4) is 0 Å². The average molecular weight is 214 g/mol. The second-order valence-electron chi connectivity index (χ2n) is 4.32. The van der Waals surface area contributed by atoms with Crippen molar-refractivity contribution in [2.75, 3.05) is 0 Å². The Labute approximate surface area is 97.1 Å². The standard InChI is InChI=1S/C14H18N2/c1-3-11(2)13-9-10-15-14(16-13)12-7-5-4-6-8-12/h4-8,10-11,13H,3,9H2,1-2H3. The molecule has 0 bridgehead atoms. The minimum atomic E-state index is 0.401. The van der Waals surface area contributed by atoms with Crippen molar-refractivity contribution in [2.24, 2.45) is 15.9 Å². The van der Waals surface area contributed by atoms with Gasteiger partial charge in [-0.05, 0) is 5.92 Å². The second kappa shape index (κ2) is 5.06. The summed E-state index contributed by atoms with van der Waals surface area (Å²) >= 11 is 0. The average Bonchev–Trinajstić information content (AvgIpc) is 2.39. The van der Waals surface area contributed by atoms with Crippen LogP contribution in [0.15, 0.2) is 40.3 Å². The summed E-state index contributed by atoms with van der Waals surface area (Å²) in [6.07, 6.45) is 4.15. The summed E-state index contributed by atoms with van der Waals surface area (Å²) in [5, 5.41) is 0. The largest absolute Gasteiger partial charge is 0.262 e. The van der Waals surface area contributed by atoms with Crippen molar-refractivity contribution in [1.29, 1.82) is 0 Å². The third-order valence-corrected chi connectivity index (χ3v) is 3.18. The van der Waals surface area contributed by atoms with E-state index < -0.39 is 0 Å². The predicted octanol–water partition coefficient (Wildman–Crippen LogP) is 3.32. The molecule has 2 rings (SSSR count). The third-order valence-electron chi connectivity index (χ3n) is 3.18. The Morgan fingerprint density at radius 2 is 2.06 bits per heavy atom. The first-order chi connectivity index (χ1) is 7.81. The first-order valence-corrected chi connectivity index (χ1v) is 5.97. The zero-order valence-electron chi connectivity index (χ0n) is 9.93. The minimum absolute atomic E-state index is 0.401. The summed E-state index contributed by atoms with van der Waals surface area (Å²) in [6, 6.07) is 10.6. The molecule has 0 saturated carbocycles. The van der Waals surface area contributed by atoms with Gasteiger partial charge < -0.3 is 0 Å². The van der Waals surface area contributed by atoms with Gasteiger partial charge in [-0.25, -0.2) is 4.99 Å². The molecule has 16 heavy (non-hydrogen) atoms. The van der Waals surface area contributed by atoms with Gasteiger partial charge in [-0.15, -0.1) is 0 Å². The van der Waals surface area contributed by atoms with Crippen molar-refractivity contribution in [1.82, 2.24) is 0 Å². The van der Waals surface area contributed by atoms with E-state index in [-0.39, 0.29) is 0 Å². The molecule has 1 heterocycles. The van der Waals surface area contributed by atoms with Crippen LogP contribution in [0.25, 0.3) is 0 Å². The van der Waals surface area contributed by atoms with Crippen molar-refractivity contribution < 1.29 is 0 Å². The molecule has 2 unspecified atom stereocenters. The monoisotopic (exact) mass is 214 g/mol. The highest BCUT2D eigenvalue weighted by Crippen LogP contribution is 2.18. The van der Waals surface area contributed by atoms with E-state index >= 15 is 0 Å². The van der Waals surface area contributed by atoms with E-state index in [4.69, 9.17) is 4.99 Å². The number of hydrogen-bond acceptors (Lipinski definition) is 2. The van der Waals surface area contributed by atoms with Crippen LogP contribution < -0.4 is 0 Å². The Morgan fingerprint density at radius 3 is 2.75 bits per heavy atom. The van der Waals surface area contributed by atoms with Gasteiger partial charge in [-0.1, -0.05) is 50.6 Å². The number of amidine groups is 1. The number of aliphatic imine (C=N–C) groups is 2. The van der Waals surface area contributed by atoms with Crippen LogP contribution in [0, 0.1) is 5.92 Å². The van der Waals surface area contributed by atoms with Crippen LogP contribution in [0.1, 0.15) is 32.3 Å². The fraction of sp³-hybridized carbons (Fsp3) is 0.429. The summed E-state index contributed by atoms with van der Waals surface area (Å²) in [5.74, 6) is 1.52. The fourth-order valence-corrected chi connectivity index (χ4v) is 1.86. The molecular weight excluding hydrogens is 196 g/mol. The zero-order valence-corrected chi connectivity index (χ0v) is 9.93. The van der Waals surface area contributed by atoms with Gasteiger partial charge in [-0.3, -0.25) is 4.99 Å². The first kappa shape index (κ1) is 11.1. The Kier molecular flexibility index (Phi) is 3.50. The summed E-state index contributed by atoms with van der Waals surface area (Å²) in [6.45, 7) is 4.48. The van der Waals surface area contributed by atoms with Crippen LogP contribution >= 0.6 is 0 Å². The van der Waals surface area contributed by atoms with Gasteiger partial charge >= 0.3 is 0 Å². The van der Waals surface area contributed by atoms with Gasteiger partial charge in [0.15, 0.2) is 5.84 Å². The van der Waals surface area contributed by atoms with Crippen LogP contribution in [0.5, 0.6) is 0 Å². The molecule has 1 aromatic carbocycles. The molecule has 1 aliphatic rings. The van der Waals surface area contributed by atoms with E-state index in [2.05, 4.69) is 31.0 Å². The molecule has 1 aromatic rings. The Morgan fingerprint density at radius 1 is 1.31 bits per heavy atom. The number of rotatable bonds is 3. The lowest BCUT2D eigenvalue weighted by atomic mass is 9.96. The molecule has 0 aromatic heterocycles. The van der Waals surface area contributed by atoms with E-state index in [1.807, 2.05) is 24.4 Å². The summed E-state index contributed by atoms with van der Waals surface area (Å²) in [5.41, 5.74) is 1.12. The van der Waals surface area contributed by atoms with Gasteiger partial charge in [-0.2, -0.15) is 0 Å². The van der Waals surface area contributed by atoms with Crippen molar-refractivity contribution in [3.63, 3.8) is 0 Å². The number of hydrogen-bond donors (Lipinski definition) is 0. The lowest BCUT2D eigenvalue weighted by Gasteiger charge is -2.20.